The predicted octanol–water partition coefficient (Wildman–Crippen LogP) is 5.11. The lowest BCUT2D eigenvalue weighted by Crippen LogP contribution is -2.17. The van der Waals surface area contributed by atoms with Crippen LogP contribution in [0.3, 0.4) is 0 Å². The first-order valence-corrected chi connectivity index (χ1v) is 7.68. The maximum atomic E-state index is 15.1. The van der Waals surface area contributed by atoms with E-state index in [1.165, 1.54) is 5.56 Å². The highest BCUT2D eigenvalue weighted by Crippen LogP contribution is 2.64. The second kappa shape index (κ2) is 5.22. The largest absolute Gasteiger partial charge is 0.184 e. The Morgan fingerprint density at radius 1 is 1.00 bits per heavy atom. The molecule has 16 heavy (non-hydrogen) atoms. The highest BCUT2D eigenvalue weighted by molar-refractivity contribution is 8.30. The number of halogens is 1. The molecule has 0 amide bonds. The zero-order valence-electron chi connectivity index (χ0n) is 11.0. The molecule has 0 saturated carbocycles. The van der Waals surface area contributed by atoms with Crippen LogP contribution in [-0.2, 0) is 6.42 Å². The first-order valence-electron chi connectivity index (χ1n) is 6.02. The van der Waals surface area contributed by atoms with E-state index in [1.807, 2.05) is 39.8 Å². The Kier molecular flexibility index (Phi) is 4.43. The Hall–Kier alpha value is -0.500. The number of hydrogen-bond acceptors (Lipinski definition) is 0. The standard InChI is InChI=1S/C14H23FS/c1-6-13-7-9-14(10-8-13)16(15,11(2)3)12(4)5/h7-12H,6H2,1-5H3. The van der Waals surface area contributed by atoms with Crippen molar-refractivity contribution in [3.63, 3.8) is 0 Å². The highest BCUT2D eigenvalue weighted by Gasteiger charge is 2.33. The summed E-state index contributed by atoms with van der Waals surface area (Å²) in [7, 11) is -2.18. The van der Waals surface area contributed by atoms with Crippen molar-refractivity contribution in [1.29, 1.82) is 0 Å². The van der Waals surface area contributed by atoms with Gasteiger partial charge in [0, 0.05) is 15.4 Å². The van der Waals surface area contributed by atoms with E-state index in [2.05, 4.69) is 19.1 Å². The smallest absolute Gasteiger partial charge is 0.0179 e. The molecule has 0 radical (unpaired) electrons. The molecule has 1 rings (SSSR count). The molecule has 0 atom stereocenters. The van der Waals surface area contributed by atoms with Gasteiger partial charge < -0.3 is 0 Å². The van der Waals surface area contributed by atoms with Crippen molar-refractivity contribution in [1.82, 2.24) is 0 Å². The summed E-state index contributed by atoms with van der Waals surface area (Å²) in [4.78, 5) is 0.898. The van der Waals surface area contributed by atoms with Gasteiger partial charge in [-0.2, -0.15) is 3.89 Å². The van der Waals surface area contributed by atoms with Gasteiger partial charge in [-0.05, 0) is 24.1 Å². The Balaban J connectivity index is 3.12. The van der Waals surface area contributed by atoms with Crippen LogP contribution in [-0.4, -0.2) is 10.5 Å². The molecule has 0 aliphatic carbocycles. The molecule has 2 heteroatoms. The van der Waals surface area contributed by atoms with Gasteiger partial charge in [0.15, 0.2) is 0 Å². The van der Waals surface area contributed by atoms with Crippen LogP contribution in [0.15, 0.2) is 29.2 Å². The maximum absolute atomic E-state index is 15.1. The third-order valence-corrected chi connectivity index (χ3v) is 6.80. The Bertz CT molecular complexity index is 319. The summed E-state index contributed by atoms with van der Waals surface area (Å²) in [6.07, 6.45) is 1.01. The van der Waals surface area contributed by atoms with Gasteiger partial charge in [-0.15, -0.1) is 0 Å². The number of rotatable bonds is 4. The van der Waals surface area contributed by atoms with Crippen molar-refractivity contribution in [2.24, 2.45) is 0 Å². The predicted molar refractivity (Wildman–Crippen MR) is 73.1 cm³/mol. The maximum Gasteiger partial charge on any atom is 0.0179 e. The zero-order valence-corrected chi connectivity index (χ0v) is 11.8. The van der Waals surface area contributed by atoms with Crippen LogP contribution < -0.4 is 0 Å². The van der Waals surface area contributed by atoms with Crippen molar-refractivity contribution >= 4 is 10.4 Å². The Morgan fingerprint density at radius 2 is 1.44 bits per heavy atom. The van der Waals surface area contributed by atoms with E-state index in [-0.39, 0.29) is 10.5 Å². The molecule has 1 aromatic carbocycles. The Labute approximate surface area is 101 Å². The van der Waals surface area contributed by atoms with Crippen molar-refractivity contribution in [3.8, 4) is 0 Å². The third-order valence-electron chi connectivity index (χ3n) is 3.06. The van der Waals surface area contributed by atoms with Crippen molar-refractivity contribution in [2.45, 2.75) is 56.4 Å². The van der Waals surface area contributed by atoms with Crippen LogP contribution in [0.4, 0.5) is 3.89 Å². The molecule has 0 heterocycles. The molecule has 1 aromatic rings. The van der Waals surface area contributed by atoms with Crippen molar-refractivity contribution in [2.75, 3.05) is 0 Å². The monoisotopic (exact) mass is 242 g/mol. The topological polar surface area (TPSA) is 0 Å². The van der Waals surface area contributed by atoms with Crippen LogP contribution in [0.25, 0.3) is 0 Å². The summed E-state index contributed by atoms with van der Waals surface area (Å²) in [5.74, 6) is 0. The van der Waals surface area contributed by atoms with Gasteiger partial charge in [0.2, 0.25) is 0 Å². The SMILES string of the molecule is CCc1ccc(S(F)(C(C)C)C(C)C)cc1. The van der Waals surface area contributed by atoms with Gasteiger partial charge in [0.1, 0.15) is 0 Å². The lowest BCUT2D eigenvalue weighted by atomic mass is 10.2. The second-order valence-electron chi connectivity index (χ2n) is 4.72. The van der Waals surface area contributed by atoms with Crippen molar-refractivity contribution in [3.05, 3.63) is 29.8 Å². The van der Waals surface area contributed by atoms with Crippen molar-refractivity contribution < 1.29 is 3.89 Å². The lowest BCUT2D eigenvalue weighted by molar-refractivity contribution is 0.806. The summed E-state index contributed by atoms with van der Waals surface area (Å²) < 4.78 is 15.1. The van der Waals surface area contributed by atoms with E-state index >= 15 is 3.89 Å². The van der Waals surface area contributed by atoms with Gasteiger partial charge in [-0.3, -0.25) is 0 Å². The van der Waals surface area contributed by atoms with Crippen LogP contribution >= 0.6 is 10.4 Å². The van der Waals surface area contributed by atoms with Crippen LogP contribution in [0.5, 0.6) is 0 Å². The van der Waals surface area contributed by atoms with E-state index < -0.39 is 10.4 Å². The molecule has 0 aliphatic heterocycles. The molecule has 0 bridgehead atoms. The van der Waals surface area contributed by atoms with E-state index in [0.29, 0.717) is 0 Å². The summed E-state index contributed by atoms with van der Waals surface area (Å²) in [6.45, 7) is 10.1. The molecule has 0 spiro atoms. The summed E-state index contributed by atoms with van der Waals surface area (Å²) in [5, 5.41) is 0.167. The highest BCUT2D eigenvalue weighted by atomic mass is 32.3. The molecule has 0 nitrogen and oxygen atoms in total. The molecule has 0 unspecified atom stereocenters. The van der Waals surface area contributed by atoms with E-state index in [4.69, 9.17) is 0 Å². The Morgan fingerprint density at radius 3 is 1.75 bits per heavy atom. The quantitative estimate of drug-likeness (QED) is 0.688. The molecule has 0 fully saturated rings. The average Bonchev–Trinajstić information content (AvgIpc) is 2.27. The molecule has 92 valence electrons. The zero-order chi connectivity index (χ0) is 12.3. The second-order valence-corrected chi connectivity index (χ2v) is 8.33. The first-order chi connectivity index (χ1) is 7.42. The minimum atomic E-state index is -2.18. The van der Waals surface area contributed by atoms with E-state index in [1.54, 1.807) is 0 Å². The fourth-order valence-corrected chi connectivity index (χ4v) is 4.75. The molecular formula is C14H23FS. The summed E-state index contributed by atoms with van der Waals surface area (Å²) >= 11 is 0. The van der Waals surface area contributed by atoms with Crippen LogP contribution in [0.2, 0.25) is 0 Å². The minimum Gasteiger partial charge on any atom is -0.184 e. The third kappa shape index (κ3) is 2.42. The number of benzene rings is 1. The van der Waals surface area contributed by atoms with Gasteiger partial charge in [-0.25, -0.2) is 0 Å². The van der Waals surface area contributed by atoms with Gasteiger partial charge in [0.05, 0.1) is 0 Å². The molecule has 0 aromatic heterocycles. The lowest BCUT2D eigenvalue weighted by Gasteiger charge is -2.39. The average molecular weight is 242 g/mol. The first kappa shape index (κ1) is 13.6. The summed E-state index contributed by atoms with van der Waals surface area (Å²) in [5.41, 5.74) is 1.28. The van der Waals surface area contributed by atoms with Gasteiger partial charge in [0.25, 0.3) is 0 Å². The number of aryl methyl sites for hydroxylation is 1. The number of hydrogen-bond donors (Lipinski definition) is 0. The van der Waals surface area contributed by atoms with Gasteiger partial charge >= 0.3 is 0 Å². The normalized spacial score (nSPS) is 13.5. The molecular weight excluding hydrogens is 219 g/mol. The van der Waals surface area contributed by atoms with Crippen LogP contribution in [0, 0.1) is 0 Å². The van der Waals surface area contributed by atoms with E-state index in [9.17, 15) is 0 Å². The minimum absolute atomic E-state index is 0.0833. The fourth-order valence-electron chi connectivity index (χ4n) is 2.02. The molecule has 0 aliphatic rings. The molecule has 0 saturated heterocycles. The molecule has 0 N–H and O–H groups in total. The summed E-state index contributed by atoms with van der Waals surface area (Å²) in [6, 6.07) is 8.07. The van der Waals surface area contributed by atoms with Gasteiger partial charge in [-0.1, -0.05) is 57.2 Å². The van der Waals surface area contributed by atoms with E-state index in [0.717, 1.165) is 11.3 Å². The fraction of sp³-hybridized carbons (Fsp3) is 0.571. The van der Waals surface area contributed by atoms with Crippen LogP contribution in [0.1, 0.15) is 40.2 Å².